The first-order valence-corrected chi connectivity index (χ1v) is 6.42. The Balaban J connectivity index is 1.68. The monoisotopic (exact) mass is 232 g/mol. The predicted octanol–water partition coefficient (Wildman–Crippen LogP) is 1.80. The van der Waals surface area contributed by atoms with E-state index in [2.05, 4.69) is 42.4 Å². The molecule has 1 aromatic rings. The zero-order valence-electron chi connectivity index (χ0n) is 10.5. The molecule has 0 spiro atoms. The van der Waals surface area contributed by atoms with Gasteiger partial charge >= 0.3 is 0 Å². The van der Waals surface area contributed by atoms with Crippen LogP contribution in [0.4, 0.5) is 0 Å². The Morgan fingerprint density at radius 3 is 2.94 bits per heavy atom. The van der Waals surface area contributed by atoms with Gasteiger partial charge in [-0.05, 0) is 26.5 Å². The fraction of sp³-hybridized carbons (Fsp3) is 0.571. The highest BCUT2D eigenvalue weighted by Gasteiger charge is 2.31. The van der Waals surface area contributed by atoms with Crippen LogP contribution in [0.5, 0.6) is 5.75 Å². The largest absolute Gasteiger partial charge is 0.491 e. The molecule has 3 unspecified atom stereocenters. The maximum absolute atomic E-state index is 5.70. The number of benzene rings is 1. The van der Waals surface area contributed by atoms with Crippen molar-refractivity contribution in [2.75, 3.05) is 20.2 Å². The topological polar surface area (TPSA) is 24.5 Å². The summed E-state index contributed by atoms with van der Waals surface area (Å²) in [5.41, 5.74) is 1.31. The van der Waals surface area contributed by atoms with Crippen molar-refractivity contribution >= 4 is 0 Å². The molecule has 0 aromatic heterocycles. The molecular weight excluding hydrogens is 212 g/mol. The van der Waals surface area contributed by atoms with Crippen LogP contribution in [0, 0.1) is 0 Å². The summed E-state index contributed by atoms with van der Waals surface area (Å²) in [6.45, 7) is 4.20. The second kappa shape index (κ2) is 4.31. The maximum atomic E-state index is 5.70. The normalized spacial score (nSPS) is 32.5. The number of hydrogen-bond acceptors (Lipinski definition) is 3. The van der Waals surface area contributed by atoms with E-state index in [9.17, 15) is 0 Å². The molecule has 0 amide bonds. The van der Waals surface area contributed by atoms with E-state index >= 15 is 0 Å². The molecule has 3 heteroatoms. The Morgan fingerprint density at radius 2 is 2.18 bits per heavy atom. The van der Waals surface area contributed by atoms with Crippen molar-refractivity contribution < 1.29 is 4.74 Å². The number of para-hydroxylation sites is 1. The van der Waals surface area contributed by atoms with Crippen LogP contribution in [0.3, 0.4) is 0 Å². The molecule has 2 heterocycles. The zero-order valence-corrected chi connectivity index (χ0v) is 10.5. The van der Waals surface area contributed by atoms with Gasteiger partial charge in [-0.25, -0.2) is 0 Å². The molecule has 1 saturated heterocycles. The second-order valence-electron chi connectivity index (χ2n) is 5.29. The van der Waals surface area contributed by atoms with E-state index in [0.717, 1.165) is 18.9 Å². The minimum Gasteiger partial charge on any atom is -0.491 e. The fourth-order valence-electron chi connectivity index (χ4n) is 2.90. The number of nitrogens with zero attached hydrogens (tertiary/aromatic N) is 1. The fourth-order valence-corrected chi connectivity index (χ4v) is 2.90. The molecular formula is C14H20N2O. The van der Waals surface area contributed by atoms with Gasteiger partial charge in [-0.2, -0.15) is 0 Å². The number of rotatable bonds is 2. The van der Waals surface area contributed by atoms with Gasteiger partial charge in [-0.3, -0.25) is 0 Å². The number of likely N-dealkylation sites (N-methyl/N-ethyl adjacent to an activating group) is 1. The highest BCUT2D eigenvalue weighted by atomic mass is 16.5. The molecule has 0 aliphatic carbocycles. The van der Waals surface area contributed by atoms with Gasteiger partial charge in [-0.1, -0.05) is 18.2 Å². The lowest BCUT2D eigenvalue weighted by molar-refractivity contribution is 0.292. The van der Waals surface area contributed by atoms with Crippen molar-refractivity contribution in [3.05, 3.63) is 29.8 Å². The van der Waals surface area contributed by atoms with Crippen molar-refractivity contribution in [1.29, 1.82) is 0 Å². The van der Waals surface area contributed by atoms with Crippen molar-refractivity contribution in [3.8, 4) is 5.75 Å². The van der Waals surface area contributed by atoms with Crippen LogP contribution in [0.25, 0.3) is 0 Å². The van der Waals surface area contributed by atoms with Gasteiger partial charge in [0.25, 0.3) is 0 Å². The number of fused-ring (bicyclic) bond motifs is 1. The summed E-state index contributed by atoms with van der Waals surface area (Å²) in [5.74, 6) is 1.05. The summed E-state index contributed by atoms with van der Waals surface area (Å²) in [5, 5.41) is 3.73. The minimum atomic E-state index is 0.370. The lowest BCUT2D eigenvalue weighted by atomic mass is 10.1. The Hall–Kier alpha value is -1.06. The standard InChI is InChI=1S/C14H20N2O/c1-10-7-11(8-16(10)2)15-13-9-17-14-6-4-3-5-12(13)14/h3-6,10-11,13,15H,7-9H2,1-2H3. The van der Waals surface area contributed by atoms with E-state index in [4.69, 9.17) is 4.74 Å². The summed E-state index contributed by atoms with van der Waals surface area (Å²) in [6.07, 6.45) is 1.23. The number of likely N-dealkylation sites (tertiary alicyclic amines) is 1. The number of ether oxygens (including phenoxy) is 1. The summed E-state index contributed by atoms with van der Waals surface area (Å²) >= 11 is 0. The smallest absolute Gasteiger partial charge is 0.124 e. The van der Waals surface area contributed by atoms with Crippen LogP contribution < -0.4 is 10.1 Å². The third-order valence-electron chi connectivity index (χ3n) is 4.02. The van der Waals surface area contributed by atoms with Crippen molar-refractivity contribution in [3.63, 3.8) is 0 Å². The van der Waals surface area contributed by atoms with Crippen LogP contribution in [-0.2, 0) is 0 Å². The first kappa shape index (κ1) is 11.1. The molecule has 92 valence electrons. The molecule has 1 fully saturated rings. The van der Waals surface area contributed by atoms with Crippen molar-refractivity contribution in [1.82, 2.24) is 10.2 Å². The molecule has 2 aliphatic heterocycles. The van der Waals surface area contributed by atoms with Crippen LogP contribution >= 0.6 is 0 Å². The van der Waals surface area contributed by atoms with Crippen LogP contribution in [-0.4, -0.2) is 37.2 Å². The van der Waals surface area contributed by atoms with Crippen molar-refractivity contribution in [2.45, 2.75) is 31.5 Å². The zero-order chi connectivity index (χ0) is 11.8. The molecule has 0 radical (unpaired) electrons. The number of nitrogens with one attached hydrogen (secondary N) is 1. The lowest BCUT2D eigenvalue weighted by Gasteiger charge is -2.17. The van der Waals surface area contributed by atoms with Crippen LogP contribution in [0.15, 0.2) is 24.3 Å². The van der Waals surface area contributed by atoms with Gasteiger partial charge in [0.15, 0.2) is 0 Å². The van der Waals surface area contributed by atoms with E-state index in [1.807, 2.05) is 6.07 Å². The van der Waals surface area contributed by atoms with Crippen molar-refractivity contribution in [2.24, 2.45) is 0 Å². The Kier molecular flexibility index (Phi) is 2.81. The minimum absolute atomic E-state index is 0.370. The first-order valence-electron chi connectivity index (χ1n) is 6.42. The molecule has 0 saturated carbocycles. The predicted molar refractivity (Wildman–Crippen MR) is 68.3 cm³/mol. The van der Waals surface area contributed by atoms with E-state index < -0.39 is 0 Å². The highest BCUT2D eigenvalue weighted by Crippen LogP contribution is 2.32. The van der Waals surface area contributed by atoms with Gasteiger partial charge < -0.3 is 15.0 Å². The molecule has 2 aliphatic rings. The Labute approximate surface area is 103 Å². The molecule has 0 bridgehead atoms. The lowest BCUT2D eigenvalue weighted by Crippen LogP contribution is -2.35. The average Bonchev–Trinajstić information content (AvgIpc) is 2.85. The van der Waals surface area contributed by atoms with Crippen LogP contribution in [0.1, 0.15) is 24.9 Å². The van der Waals surface area contributed by atoms with E-state index in [0.29, 0.717) is 18.1 Å². The second-order valence-corrected chi connectivity index (χ2v) is 5.29. The third-order valence-corrected chi connectivity index (χ3v) is 4.02. The quantitative estimate of drug-likeness (QED) is 0.841. The summed E-state index contributed by atoms with van der Waals surface area (Å²) < 4.78 is 5.70. The van der Waals surface area contributed by atoms with Gasteiger partial charge in [0.05, 0.1) is 6.04 Å². The first-order chi connectivity index (χ1) is 8.24. The summed E-state index contributed by atoms with van der Waals surface area (Å²) in [6, 6.07) is 10.00. The van der Waals surface area contributed by atoms with Crippen LogP contribution in [0.2, 0.25) is 0 Å². The molecule has 1 N–H and O–H groups in total. The summed E-state index contributed by atoms with van der Waals surface area (Å²) in [7, 11) is 2.20. The molecule has 17 heavy (non-hydrogen) atoms. The van der Waals surface area contributed by atoms with E-state index in [1.54, 1.807) is 0 Å². The molecule has 3 atom stereocenters. The van der Waals surface area contributed by atoms with Gasteiger partial charge in [0, 0.05) is 24.2 Å². The number of hydrogen-bond donors (Lipinski definition) is 1. The molecule has 3 rings (SSSR count). The Bertz CT molecular complexity index is 397. The van der Waals surface area contributed by atoms with Gasteiger partial charge in [0.1, 0.15) is 12.4 Å². The highest BCUT2D eigenvalue weighted by molar-refractivity contribution is 5.39. The molecule has 3 nitrogen and oxygen atoms in total. The maximum Gasteiger partial charge on any atom is 0.124 e. The van der Waals surface area contributed by atoms with E-state index in [-0.39, 0.29) is 0 Å². The third kappa shape index (κ3) is 2.05. The SMILES string of the molecule is CC1CC(NC2COc3ccccc32)CN1C. The van der Waals surface area contributed by atoms with Gasteiger partial charge in [-0.15, -0.1) is 0 Å². The Morgan fingerprint density at radius 1 is 1.35 bits per heavy atom. The average molecular weight is 232 g/mol. The van der Waals surface area contributed by atoms with Gasteiger partial charge in [0.2, 0.25) is 0 Å². The van der Waals surface area contributed by atoms with E-state index in [1.165, 1.54) is 12.0 Å². The summed E-state index contributed by atoms with van der Waals surface area (Å²) in [4.78, 5) is 2.42. The molecule has 1 aromatic carbocycles.